The minimum absolute atomic E-state index is 0.125. The maximum atomic E-state index is 11.7. The van der Waals surface area contributed by atoms with Gasteiger partial charge in [0.05, 0.1) is 5.52 Å². The van der Waals surface area contributed by atoms with Crippen molar-refractivity contribution in [3.63, 3.8) is 0 Å². The van der Waals surface area contributed by atoms with Crippen molar-refractivity contribution >= 4 is 46.2 Å². The number of benzene rings is 2. The molecule has 1 heterocycles. The summed E-state index contributed by atoms with van der Waals surface area (Å²) in [5, 5.41) is 20.2. The molecule has 0 aliphatic rings. The minimum Gasteiger partial charge on any atom is -0.493 e. The van der Waals surface area contributed by atoms with Gasteiger partial charge in [0.15, 0.2) is 5.69 Å². The van der Waals surface area contributed by atoms with E-state index in [9.17, 15) is 14.7 Å². The number of rotatable bonds is 3. The number of carbonyl (C=O) groups is 2. The van der Waals surface area contributed by atoms with Crippen molar-refractivity contribution in [3.05, 3.63) is 65.2 Å². The molecule has 0 bridgehead atoms. The van der Waals surface area contributed by atoms with E-state index < -0.39 is 11.9 Å². The molecule has 0 fully saturated rings. The molecule has 0 saturated carbocycles. The number of halogens is 1. The van der Waals surface area contributed by atoms with Gasteiger partial charge in [-0.25, -0.2) is 4.79 Å². The summed E-state index contributed by atoms with van der Waals surface area (Å²) in [7, 11) is 0. The third kappa shape index (κ3) is 4.14. The van der Waals surface area contributed by atoms with Gasteiger partial charge in [0.1, 0.15) is 0 Å². The molecule has 0 radical (unpaired) electrons. The zero-order chi connectivity index (χ0) is 18.5. The van der Waals surface area contributed by atoms with Crippen molar-refractivity contribution in [1.82, 2.24) is 10.3 Å². The third-order valence-corrected chi connectivity index (χ3v) is 3.68. The van der Waals surface area contributed by atoms with Crippen molar-refractivity contribution in [1.29, 1.82) is 0 Å². The molecule has 0 aliphatic heterocycles. The van der Waals surface area contributed by atoms with Crippen LogP contribution in [0.5, 0.6) is 5.88 Å². The van der Waals surface area contributed by atoms with Gasteiger partial charge in [-0.05, 0) is 29.8 Å². The number of azo groups is 1. The largest absolute Gasteiger partial charge is 0.493 e. The van der Waals surface area contributed by atoms with Crippen LogP contribution in [0.2, 0.25) is 5.02 Å². The summed E-state index contributed by atoms with van der Waals surface area (Å²) in [4.78, 5) is 26.2. The average molecular weight is 369 g/mol. The summed E-state index contributed by atoms with van der Waals surface area (Å²) in [6, 6.07) is 12.9. The molecule has 3 N–H and O–H groups in total. The lowest BCUT2D eigenvalue weighted by Gasteiger charge is -1.96. The number of aromatic amines is 1. The maximum absolute atomic E-state index is 11.7. The number of fused-ring (bicyclic) bond motifs is 1. The van der Waals surface area contributed by atoms with Crippen LogP contribution in [0.15, 0.2) is 64.8 Å². The Bertz CT molecular complexity index is 1020. The zero-order valence-electron chi connectivity index (χ0n) is 13.3. The monoisotopic (exact) mass is 368 g/mol. The van der Waals surface area contributed by atoms with Gasteiger partial charge < -0.3 is 10.1 Å². The molecule has 0 saturated heterocycles. The van der Waals surface area contributed by atoms with Crippen molar-refractivity contribution in [2.45, 2.75) is 0 Å². The SMILES string of the molecule is O=C(/C=C/c1ccc(Cl)cc1)NC(=O)N=Nc1c(O)[nH]c2ccccc12. The van der Waals surface area contributed by atoms with Gasteiger partial charge in [0.2, 0.25) is 5.88 Å². The van der Waals surface area contributed by atoms with Gasteiger partial charge in [-0.3, -0.25) is 10.1 Å². The molecule has 130 valence electrons. The van der Waals surface area contributed by atoms with Gasteiger partial charge in [-0.2, -0.15) is 0 Å². The zero-order valence-corrected chi connectivity index (χ0v) is 14.1. The van der Waals surface area contributed by atoms with E-state index in [1.165, 1.54) is 12.2 Å². The minimum atomic E-state index is -0.944. The second kappa shape index (κ2) is 7.62. The highest BCUT2D eigenvalue weighted by atomic mass is 35.5. The first-order valence-electron chi connectivity index (χ1n) is 7.53. The summed E-state index contributed by atoms with van der Waals surface area (Å²) in [5.74, 6) is -0.858. The predicted octanol–water partition coefficient (Wildman–Crippen LogP) is 4.56. The van der Waals surface area contributed by atoms with Crippen LogP contribution in [0.25, 0.3) is 17.0 Å². The van der Waals surface area contributed by atoms with Gasteiger partial charge in [-0.15, -0.1) is 5.11 Å². The van der Waals surface area contributed by atoms with Crippen molar-refractivity contribution in [3.8, 4) is 5.88 Å². The second-order valence-corrected chi connectivity index (χ2v) is 5.68. The Balaban J connectivity index is 1.64. The van der Waals surface area contributed by atoms with E-state index in [0.717, 1.165) is 5.56 Å². The van der Waals surface area contributed by atoms with Crippen LogP contribution >= 0.6 is 11.6 Å². The van der Waals surface area contributed by atoms with E-state index in [0.29, 0.717) is 15.9 Å². The van der Waals surface area contributed by atoms with Crippen LogP contribution in [0.4, 0.5) is 10.5 Å². The standard InChI is InChI=1S/C18H13ClN4O3/c19-12-8-5-11(6-9-12)7-10-15(24)21-18(26)23-22-16-13-3-1-2-4-14(13)20-17(16)25/h1-10,20,25H,(H,21,24,26)/b10-7+,23-22?. The molecule has 3 aromatic rings. The molecule has 8 heteroatoms. The Kier molecular flexibility index (Phi) is 5.09. The number of nitrogens with one attached hydrogen (secondary N) is 2. The van der Waals surface area contributed by atoms with E-state index in [-0.39, 0.29) is 11.6 Å². The molecule has 0 spiro atoms. The first-order valence-corrected chi connectivity index (χ1v) is 7.91. The number of carbonyl (C=O) groups excluding carboxylic acids is 2. The Morgan fingerprint density at radius 3 is 2.62 bits per heavy atom. The summed E-state index contributed by atoms with van der Waals surface area (Å²) in [6.45, 7) is 0. The lowest BCUT2D eigenvalue weighted by Crippen LogP contribution is -2.25. The summed E-state index contributed by atoms with van der Waals surface area (Å²) >= 11 is 5.78. The van der Waals surface area contributed by atoms with Gasteiger partial charge in [-0.1, -0.05) is 47.0 Å². The summed E-state index contributed by atoms with van der Waals surface area (Å²) < 4.78 is 0. The number of amides is 3. The molecule has 7 nitrogen and oxygen atoms in total. The third-order valence-electron chi connectivity index (χ3n) is 3.43. The fraction of sp³-hybridized carbons (Fsp3) is 0. The predicted molar refractivity (Wildman–Crippen MR) is 98.5 cm³/mol. The maximum Gasteiger partial charge on any atom is 0.366 e. The molecular formula is C18H13ClN4O3. The number of aromatic nitrogens is 1. The molecular weight excluding hydrogens is 356 g/mol. The topological polar surface area (TPSA) is 107 Å². The lowest BCUT2D eigenvalue weighted by molar-refractivity contribution is -0.115. The second-order valence-electron chi connectivity index (χ2n) is 5.25. The van der Waals surface area contributed by atoms with E-state index in [1.807, 2.05) is 5.32 Å². The molecule has 0 atom stereocenters. The number of urea groups is 1. The molecule has 1 aromatic heterocycles. The molecule has 2 aromatic carbocycles. The Labute approximate surface area is 153 Å². The fourth-order valence-electron chi connectivity index (χ4n) is 2.23. The van der Waals surface area contributed by atoms with Crippen LogP contribution < -0.4 is 5.32 Å². The van der Waals surface area contributed by atoms with Crippen LogP contribution in [0.3, 0.4) is 0 Å². The quantitative estimate of drug-likeness (QED) is 0.466. The molecule has 0 aliphatic carbocycles. The molecule has 3 rings (SSSR count). The average Bonchev–Trinajstić information content (AvgIpc) is 2.94. The van der Waals surface area contributed by atoms with Crippen LogP contribution in [0, 0.1) is 0 Å². The van der Waals surface area contributed by atoms with Gasteiger partial charge in [0.25, 0.3) is 5.91 Å². The first-order chi connectivity index (χ1) is 12.5. The van der Waals surface area contributed by atoms with E-state index >= 15 is 0 Å². The van der Waals surface area contributed by atoms with Gasteiger partial charge in [0, 0.05) is 16.5 Å². The molecule has 0 unspecified atom stereocenters. The molecule has 3 amide bonds. The normalized spacial score (nSPS) is 11.4. The number of para-hydroxylation sites is 1. The van der Waals surface area contributed by atoms with Crippen LogP contribution in [-0.4, -0.2) is 22.0 Å². The first kappa shape index (κ1) is 17.4. The summed E-state index contributed by atoms with van der Waals surface area (Å²) in [6.07, 6.45) is 2.72. The number of aromatic hydroxyl groups is 1. The molecule has 26 heavy (non-hydrogen) atoms. The highest BCUT2D eigenvalue weighted by Gasteiger charge is 2.10. The Hall–Kier alpha value is -3.45. The number of hydrogen-bond acceptors (Lipinski definition) is 4. The number of nitrogens with zero attached hydrogens (tertiary/aromatic N) is 2. The Morgan fingerprint density at radius 1 is 1.12 bits per heavy atom. The smallest absolute Gasteiger partial charge is 0.366 e. The van der Waals surface area contributed by atoms with Crippen LogP contribution in [-0.2, 0) is 4.79 Å². The van der Waals surface area contributed by atoms with E-state index in [2.05, 4.69) is 15.2 Å². The number of hydrogen-bond donors (Lipinski definition) is 3. The number of imide groups is 1. The summed E-state index contributed by atoms with van der Waals surface area (Å²) in [5.41, 5.74) is 1.53. The van der Waals surface area contributed by atoms with Crippen molar-refractivity contribution in [2.75, 3.05) is 0 Å². The number of H-pyrrole nitrogens is 1. The van der Waals surface area contributed by atoms with Crippen LogP contribution in [0.1, 0.15) is 5.56 Å². The Morgan fingerprint density at radius 2 is 1.85 bits per heavy atom. The van der Waals surface area contributed by atoms with Crippen molar-refractivity contribution in [2.24, 2.45) is 10.2 Å². The highest BCUT2D eigenvalue weighted by Crippen LogP contribution is 2.35. The fourth-order valence-corrected chi connectivity index (χ4v) is 2.35. The lowest BCUT2D eigenvalue weighted by atomic mass is 10.2. The highest BCUT2D eigenvalue weighted by molar-refractivity contribution is 6.30. The van der Waals surface area contributed by atoms with E-state index in [4.69, 9.17) is 11.6 Å². The van der Waals surface area contributed by atoms with E-state index in [1.54, 1.807) is 48.5 Å². The van der Waals surface area contributed by atoms with Crippen molar-refractivity contribution < 1.29 is 14.7 Å². The van der Waals surface area contributed by atoms with Gasteiger partial charge >= 0.3 is 6.03 Å².